The van der Waals surface area contributed by atoms with E-state index in [9.17, 15) is 13.2 Å². The van der Waals surface area contributed by atoms with Gasteiger partial charge in [0.15, 0.2) is 6.10 Å². The maximum absolute atomic E-state index is 12.2. The van der Waals surface area contributed by atoms with E-state index in [2.05, 4.69) is 0 Å². The largest absolute Gasteiger partial charge is 0.416 e. The summed E-state index contributed by atoms with van der Waals surface area (Å²) in [6.07, 6.45) is -8.81. The lowest BCUT2D eigenvalue weighted by Gasteiger charge is -2.21. The molecule has 0 aromatic heterocycles. The summed E-state index contributed by atoms with van der Waals surface area (Å²) in [5, 5.41) is 8.92. The molecule has 0 radical (unpaired) electrons. The highest BCUT2D eigenvalue weighted by atomic mass is 19.4. The lowest BCUT2D eigenvalue weighted by Crippen LogP contribution is -2.39. The highest BCUT2D eigenvalue weighted by Crippen LogP contribution is 2.24. The Labute approximate surface area is 93.1 Å². The molecule has 0 unspecified atom stereocenters. The average molecular weight is 235 g/mol. The fourth-order valence-electron chi connectivity index (χ4n) is 1.06. The maximum atomic E-state index is 12.2. The smallest absolute Gasteiger partial charge is 0.381 e. The van der Waals surface area contributed by atoms with E-state index in [0.29, 0.717) is 5.56 Å². The van der Waals surface area contributed by atoms with Crippen LogP contribution >= 0.6 is 0 Å². The number of rotatable bonds is 4. The number of benzene rings is 1. The van der Waals surface area contributed by atoms with Gasteiger partial charge < -0.3 is 9.84 Å². The lowest BCUT2D eigenvalue weighted by molar-refractivity contribution is -0.235. The topological polar surface area (TPSA) is 29.5 Å². The van der Waals surface area contributed by atoms with Crippen molar-refractivity contribution < 1.29 is 24.4 Å². The number of halogens is 3. The molecule has 2 nitrogen and oxygen atoms in total. The van der Waals surface area contributed by atoms with Gasteiger partial charge in [0.05, 0.1) is 14.1 Å². The molecule has 0 aliphatic carbocycles. The number of aliphatic hydroxyl groups is 1. The number of hydrogen-bond donors (Lipinski definition) is 1. The third kappa shape index (κ3) is 3.83. The van der Waals surface area contributed by atoms with Gasteiger partial charge in [-0.05, 0) is 12.5 Å². The van der Waals surface area contributed by atoms with Gasteiger partial charge in [0.25, 0.3) is 0 Å². The molecule has 3 atom stereocenters. The molecule has 0 aliphatic rings. The van der Waals surface area contributed by atoms with Gasteiger partial charge in [-0.3, -0.25) is 0 Å². The van der Waals surface area contributed by atoms with E-state index in [4.69, 9.17) is 11.2 Å². The van der Waals surface area contributed by atoms with Gasteiger partial charge in [0, 0.05) is 0 Å². The normalized spacial score (nSPS) is 18.7. The van der Waals surface area contributed by atoms with Crippen molar-refractivity contribution in [3.8, 4) is 0 Å². The first kappa shape index (κ1) is 11.4. The zero-order valence-corrected chi connectivity index (χ0v) is 8.61. The molecule has 16 heavy (non-hydrogen) atoms. The van der Waals surface area contributed by atoms with Crippen LogP contribution < -0.4 is 0 Å². The Kier molecular flexibility index (Phi) is 3.79. The van der Waals surface area contributed by atoms with E-state index in [1.165, 1.54) is 0 Å². The number of aliphatic hydroxyl groups excluding tert-OH is 1. The van der Waals surface area contributed by atoms with E-state index < -0.39 is 25.0 Å². The zero-order valence-electron chi connectivity index (χ0n) is 9.61. The van der Waals surface area contributed by atoms with Crippen LogP contribution in [0.1, 0.15) is 13.9 Å². The minimum atomic E-state index is -4.74. The Hall–Kier alpha value is -1.07. The van der Waals surface area contributed by atoms with Crippen LogP contribution in [0, 0.1) is 0 Å². The predicted octanol–water partition coefficient (Wildman–Crippen LogP) is 2.51. The van der Waals surface area contributed by atoms with Gasteiger partial charge in [0.2, 0.25) is 0 Å². The summed E-state index contributed by atoms with van der Waals surface area (Å²) in [6.45, 7) is -0.161. The van der Waals surface area contributed by atoms with Gasteiger partial charge in [-0.2, -0.15) is 13.2 Å². The molecule has 5 heteroatoms. The quantitative estimate of drug-likeness (QED) is 0.868. The summed E-state index contributed by atoms with van der Waals surface area (Å²) in [4.78, 5) is 0. The van der Waals surface area contributed by atoms with E-state index in [-0.39, 0.29) is 0 Å². The van der Waals surface area contributed by atoms with Crippen molar-refractivity contribution in [1.82, 2.24) is 0 Å². The molecular formula is C11H13F3O2. The van der Waals surface area contributed by atoms with Crippen molar-refractivity contribution in [3.05, 3.63) is 35.9 Å². The molecule has 0 saturated heterocycles. The van der Waals surface area contributed by atoms with E-state index in [1.54, 1.807) is 30.3 Å². The van der Waals surface area contributed by atoms with Crippen LogP contribution in [0.3, 0.4) is 0 Å². The van der Waals surface area contributed by atoms with E-state index in [1.807, 2.05) is 0 Å². The Morgan fingerprint density at radius 2 is 1.94 bits per heavy atom. The monoisotopic (exact) mass is 235 g/mol. The van der Waals surface area contributed by atoms with Gasteiger partial charge >= 0.3 is 6.18 Å². The van der Waals surface area contributed by atoms with E-state index >= 15 is 0 Å². The van der Waals surface area contributed by atoms with Gasteiger partial charge in [-0.15, -0.1) is 0 Å². The first-order valence-electron chi connectivity index (χ1n) is 5.27. The summed E-state index contributed by atoms with van der Waals surface area (Å²) in [5.41, 5.74) is 0.439. The molecular weight excluding hydrogens is 221 g/mol. The molecule has 0 aliphatic heterocycles. The van der Waals surface area contributed by atoms with Gasteiger partial charge in [-0.1, -0.05) is 30.3 Å². The Balaban J connectivity index is 2.60. The summed E-state index contributed by atoms with van der Waals surface area (Å²) in [7, 11) is 0. The number of hydrogen-bond acceptors (Lipinski definition) is 2. The van der Waals surface area contributed by atoms with Crippen molar-refractivity contribution in [2.75, 3.05) is 0 Å². The van der Waals surface area contributed by atoms with Gasteiger partial charge in [0.1, 0.15) is 0 Å². The second-order valence-corrected chi connectivity index (χ2v) is 3.36. The Bertz CT molecular complexity index is 342. The second-order valence-electron chi connectivity index (χ2n) is 3.36. The highest BCUT2D eigenvalue weighted by molar-refractivity contribution is 5.13. The van der Waals surface area contributed by atoms with E-state index in [0.717, 1.165) is 6.92 Å². The number of ether oxygens (including phenoxy) is 1. The standard InChI is InChI=1S/C11H13F3O2/c1-8(10(15)11(12,13)14)16-7-9-5-3-2-4-6-9/h2-6,8,10,15H,7H2,1H3/t8-,10-/m0/s1/i7D/t7-,8+,10+/m1. The van der Waals surface area contributed by atoms with Crippen LogP contribution in [0.25, 0.3) is 0 Å². The lowest BCUT2D eigenvalue weighted by atomic mass is 10.2. The first-order chi connectivity index (χ1) is 7.82. The minimum Gasteiger partial charge on any atom is -0.381 e. The predicted molar refractivity (Wildman–Crippen MR) is 52.8 cm³/mol. The van der Waals surface area contributed by atoms with Crippen molar-refractivity contribution >= 4 is 0 Å². The van der Waals surface area contributed by atoms with Crippen molar-refractivity contribution in [2.45, 2.75) is 31.9 Å². The fourth-order valence-corrected chi connectivity index (χ4v) is 1.06. The van der Waals surface area contributed by atoms with Crippen molar-refractivity contribution in [2.24, 2.45) is 0 Å². The average Bonchev–Trinajstić information content (AvgIpc) is 2.27. The second kappa shape index (κ2) is 5.32. The first-order valence-corrected chi connectivity index (χ1v) is 4.70. The van der Waals surface area contributed by atoms with Crippen LogP contribution in [-0.4, -0.2) is 23.5 Å². The van der Waals surface area contributed by atoms with Crippen LogP contribution in [0.15, 0.2) is 30.3 Å². The molecule has 1 rings (SSSR count). The Morgan fingerprint density at radius 1 is 1.38 bits per heavy atom. The minimum absolute atomic E-state index is 0.439. The van der Waals surface area contributed by atoms with Crippen molar-refractivity contribution in [1.29, 1.82) is 0 Å². The summed E-state index contributed by atoms with van der Waals surface area (Å²) in [5.74, 6) is 0. The summed E-state index contributed by atoms with van der Waals surface area (Å²) < 4.78 is 48.8. The van der Waals surface area contributed by atoms with Crippen molar-refractivity contribution in [3.63, 3.8) is 0 Å². The molecule has 0 amide bonds. The molecule has 0 fully saturated rings. The Morgan fingerprint density at radius 3 is 2.44 bits per heavy atom. The number of alkyl halides is 3. The fraction of sp³-hybridized carbons (Fsp3) is 0.455. The SMILES string of the molecule is [2H][C@@H](O[C@@H](C)[C@H](O)C(F)(F)F)c1ccccc1. The third-order valence-electron chi connectivity index (χ3n) is 2.00. The highest BCUT2D eigenvalue weighted by Gasteiger charge is 2.42. The van der Waals surface area contributed by atoms with Crippen LogP contribution in [0.2, 0.25) is 0 Å². The molecule has 1 aromatic carbocycles. The molecule has 0 spiro atoms. The van der Waals surface area contributed by atoms with Crippen LogP contribution in [0.4, 0.5) is 13.2 Å². The molecule has 1 aromatic rings. The van der Waals surface area contributed by atoms with Gasteiger partial charge in [-0.25, -0.2) is 0 Å². The maximum Gasteiger partial charge on any atom is 0.416 e. The molecule has 1 N–H and O–H groups in total. The molecule has 0 bridgehead atoms. The van der Waals surface area contributed by atoms with Crippen LogP contribution in [0.5, 0.6) is 0 Å². The molecule has 90 valence electrons. The summed E-state index contributed by atoms with van der Waals surface area (Å²) in [6, 6.07) is 8.19. The summed E-state index contributed by atoms with van der Waals surface area (Å²) >= 11 is 0. The molecule has 0 heterocycles. The van der Waals surface area contributed by atoms with Crippen LogP contribution in [-0.2, 0) is 11.3 Å². The zero-order chi connectivity index (χ0) is 13.1. The molecule has 0 saturated carbocycles. The third-order valence-corrected chi connectivity index (χ3v) is 2.00.